The van der Waals surface area contributed by atoms with E-state index in [0.29, 0.717) is 38.4 Å². The Morgan fingerprint density at radius 3 is 2.54 bits per heavy atom. The number of hydrogen-bond donors (Lipinski definition) is 1. The summed E-state index contributed by atoms with van der Waals surface area (Å²) in [4.78, 5) is 12.3. The first kappa shape index (κ1) is 26.2. The highest BCUT2D eigenvalue weighted by Crippen LogP contribution is 2.41. The van der Waals surface area contributed by atoms with Gasteiger partial charge in [0.2, 0.25) is 0 Å². The molecule has 3 atom stereocenters. The Labute approximate surface area is 220 Å². The van der Waals surface area contributed by atoms with Crippen LogP contribution in [0.1, 0.15) is 38.5 Å². The largest absolute Gasteiger partial charge is 0.394 e. The summed E-state index contributed by atoms with van der Waals surface area (Å²) in [7, 11) is 0. The van der Waals surface area contributed by atoms with Gasteiger partial charge in [-0.1, -0.05) is 6.07 Å². The zero-order chi connectivity index (χ0) is 25.5. The van der Waals surface area contributed by atoms with Crippen LogP contribution in [0.3, 0.4) is 0 Å². The van der Waals surface area contributed by atoms with Gasteiger partial charge in [-0.25, -0.2) is 9.37 Å². The van der Waals surface area contributed by atoms with Gasteiger partial charge in [-0.2, -0.15) is 0 Å². The third-order valence-electron chi connectivity index (χ3n) is 8.09. The Hall–Kier alpha value is -2.42. The molecule has 3 fully saturated rings. The fraction of sp³-hybridized carbons (Fsp3) is 0.621. The molecule has 0 unspecified atom stereocenters. The number of nitrogens with zero attached hydrogens (tertiary/aromatic N) is 4. The lowest BCUT2D eigenvalue weighted by Crippen LogP contribution is -2.52. The third kappa shape index (κ3) is 6.36. The molecule has 3 aliphatic heterocycles. The van der Waals surface area contributed by atoms with Crippen LogP contribution in [0.5, 0.6) is 0 Å². The molecule has 3 aliphatic rings. The van der Waals surface area contributed by atoms with E-state index >= 15 is 0 Å². The molecule has 5 rings (SSSR count). The fourth-order valence-corrected chi connectivity index (χ4v) is 6.42. The second-order valence-electron chi connectivity index (χ2n) is 10.4. The van der Waals surface area contributed by atoms with Crippen molar-refractivity contribution in [3.05, 3.63) is 48.4 Å². The number of benzene rings is 1. The maximum Gasteiger partial charge on any atom is 0.130 e. The smallest absolute Gasteiger partial charge is 0.130 e. The van der Waals surface area contributed by atoms with Crippen LogP contribution >= 0.6 is 0 Å². The summed E-state index contributed by atoms with van der Waals surface area (Å²) in [6, 6.07) is 12.1. The van der Waals surface area contributed by atoms with Crippen molar-refractivity contribution in [2.45, 2.75) is 50.6 Å². The van der Waals surface area contributed by atoms with E-state index in [-0.39, 0.29) is 18.5 Å². The van der Waals surface area contributed by atoms with Crippen LogP contribution in [0, 0.1) is 11.7 Å². The lowest BCUT2D eigenvalue weighted by molar-refractivity contribution is 0.0293. The van der Waals surface area contributed by atoms with Gasteiger partial charge in [-0.3, -0.25) is 0 Å². The minimum absolute atomic E-state index is 0.0316. The molecule has 3 saturated heterocycles. The van der Waals surface area contributed by atoms with E-state index in [4.69, 9.17) is 19.6 Å². The van der Waals surface area contributed by atoms with Crippen molar-refractivity contribution in [1.82, 2.24) is 4.98 Å². The Morgan fingerprint density at radius 1 is 0.892 bits per heavy atom. The van der Waals surface area contributed by atoms with Gasteiger partial charge >= 0.3 is 0 Å². The molecule has 0 bridgehead atoms. The molecular weight excluding hydrogens is 471 g/mol. The molecule has 202 valence electrons. The van der Waals surface area contributed by atoms with E-state index in [0.717, 1.165) is 56.9 Å². The molecule has 2 aromatic rings. The van der Waals surface area contributed by atoms with Crippen molar-refractivity contribution < 1.29 is 19.0 Å². The number of aliphatic hydroxyl groups excluding tert-OH is 1. The number of ether oxygens (including phenoxy) is 2. The van der Waals surface area contributed by atoms with Crippen molar-refractivity contribution in [1.29, 1.82) is 0 Å². The average Bonchev–Trinajstić information content (AvgIpc) is 3.32. The fourth-order valence-electron chi connectivity index (χ4n) is 6.42. The number of fused-ring (bicyclic) bond motifs is 1. The van der Waals surface area contributed by atoms with E-state index in [1.807, 2.05) is 18.3 Å². The molecule has 0 radical (unpaired) electrons. The van der Waals surface area contributed by atoms with Gasteiger partial charge in [0.25, 0.3) is 0 Å². The molecule has 4 heterocycles. The highest BCUT2D eigenvalue weighted by molar-refractivity contribution is 5.58. The van der Waals surface area contributed by atoms with E-state index in [2.05, 4.69) is 26.8 Å². The molecular formula is C29H41FN4O3. The van der Waals surface area contributed by atoms with Crippen LogP contribution in [0.15, 0.2) is 42.6 Å². The van der Waals surface area contributed by atoms with E-state index in [9.17, 15) is 4.39 Å². The number of hydrogen-bond acceptors (Lipinski definition) is 7. The van der Waals surface area contributed by atoms with E-state index in [1.165, 1.54) is 31.0 Å². The van der Waals surface area contributed by atoms with Gasteiger partial charge in [-0.05, 0) is 62.8 Å². The third-order valence-corrected chi connectivity index (χ3v) is 8.09. The number of pyridine rings is 1. The summed E-state index contributed by atoms with van der Waals surface area (Å²) in [6.45, 7) is 6.14. The van der Waals surface area contributed by atoms with Crippen molar-refractivity contribution in [2.75, 3.05) is 73.9 Å². The minimum atomic E-state index is -0.187. The molecule has 7 nitrogen and oxygen atoms in total. The van der Waals surface area contributed by atoms with Gasteiger partial charge in [0.15, 0.2) is 0 Å². The zero-order valence-electron chi connectivity index (χ0n) is 21.8. The monoisotopic (exact) mass is 512 g/mol. The predicted octanol–water partition coefficient (Wildman–Crippen LogP) is 4.10. The second kappa shape index (κ2) is 12.9. The first-order chi connectivity index (χ1) is 18.2. The Morgan fingerprint density at radius 2 is 1.73 bits per heavy atom. The molecule has 0 spiro atoms. The van der Waals surface area contributed by atoms with Gasteiger partial charge in [0.05, 0.1) is 38.5 Å². The van der Waals surface area contributed by atoms with Crippen LogP contribution in [0.25, 0.3) is 0 Å². The minimum Gasteiger partial charge on any atom is -0.394 e. The molecule has 37 heavy (non-hydrogen) atoms. The molecule has 1 aromatic carbocycles. The number of aromatic nitrogens is 1. The van der Waals surface area contributed by atoms with E-state index in [1.54, 1.807) is 6.07 Å². The first-order valence-electron chi connectivity index (χ1n) is 14.0. The van der Waals surface area contributed by atoms with Crippen molar-refractivity contribution >= 4 is 17.2 Å². The normalized spacial score (nSPS) is 23.9. The quantitative estimate of drug-likeness (QED) is 0.455. The van der Waals surface area contributed by atoms with E-state index < -0.39 is 0 Å². The summed E-state index contributed by atoms with van der Waals surface area (Å²) in [5, 5.41) is 8.86. The van der Waals surface area contributed by atoms with Crippen LogP contribution in [0.4, 0.5) is 21.6 Å². The van der Waals surface area contributed by atoms with Gasteiger partial charge < -0.3 is 29.3 Å². The molecule has 1 aromatic heterocycles. The maximum absolute atomic E-state index is 14.2. The molecule has 0 amide bonds. The summed E-state index contributed by atoms with van der Waals surface area (Å²) in [5.74, 6) is 1.25. The molecule has 1 N–H and O–H groups in total. The molecule has 0 saturated carbocycles. The number of aliphatic hydroxyl groups is 1. The van der Waals surface area contributed by atoms with Crippen LogP contribution in [-0.2, 0) is 9.47 Å². The van der Waals surface area contributed by atoms with Crippen molar-refractivity contribution in [3.63, 3.8) is 0 Å². The summed E-state index contributed by atoms with van der Waals surface area (Å²) in [5.41, 5.74) is 2.24. The van der Waals surface area contributed by atoms with Crippen LogP contribution in [-0.4, -0.2) is 81.4 Å². The number of piperidine rings is 2. The maximum atomic E-state index is 14.2. The Bertz CT molecular complexity index is 989. The second-order valence-corrected chi connectivity index (χ2v) is 10.4. The zero-order valence-corrected chi connectivity index (χ0v) is 21.8. The number of anilines is 3. The highest BCUT2D eigenvalue weighted by Gasteiger charge is 2.47. The SMILES string of the molecule is OCCOCCOCC[C@H]1CN(c2cc(N3CCCCC3)ccn2)[C@H]2CCCN(c3cccc(F)c3)[C@@H]12. The summed E-state index contributed by atoms with van der Waals surface area (Å²) in [6.07, 6.45) is 8.89. The van der Waals surface area contributed by atoms with Crippen LogP contribution in [0.2, 0.25) is 0 Å². The summed E-state index contributed by atoms with van der Waals surface area (Å²) < 4.78 is 25.4. The Kier molecular flexibility index (Phi) is 9.13. The standard InChI is InChI=1S/C29H41FN4O3/c30-24-6-4-7-26(20-24)33-14-5-8-27-29(33)23(10-16-36-18-19-37-17-15-35)22-34(27)28-21-25(9-11-31-28)32-12-2-1-3-13-32/h4,6-7,9,11,20-21,23,27,29,35H,1-3,5,8,10,12-19,22H2/t23-,27-,29-/m0/s1. The highest BCUT2D eigenvalue weighted by atomic mass is 19.1. The lowest BCUT2D eigenvalue weighted by Gasteiger charge is -2.43. The molecule has 8 heteroatoms. The van der Waals surface area contributed by atoms with Crippen molar-refractivity contribution in [2.24, 2.45) is 5.92 Å². The lowest BCUT2D eigenvalue weighted by atomic mass is 9.88. The van der Waals surface area contributed by atoms with Crippen LogP contribution < -0.4 is 14.7 Å². The number of halogens is 1. The Balaban J connectivity index is 1.34. The molecule has 0 aliphatic carbocycles. The summed E-state index contributed by atoms with van der Waals surface area (Å²) >= 11 is 0. The van der Waals surface area contributed by atoms with Gasteiger partial charge in [0, 0.05) is 62.3 Å². The van der Waals surface area contributed by atoms with Gasteiger partial charge in [-0.15, -0.1) is 0 Å². The van der Waals surface area contributed by atoms with Crippen molar-refractivity contribution in [3.8, 4) is 0 Å². The average molecular weight is 513 g/mol. The van der Waals surface area contributed by atoms with Gasteiger partial charge in [0.1, 0.15) is 11.6 Å². The predicted molar refractivity (Wildman–Crippen MR) is 145 cm³/mol. The number of rotatable bonds is 11. The first-order valence-corrected chi connectivity index (χ1v) is 14.0. The topological polar surface area (TPSA) is 61.3 Å².